The van der Waals surface area contributed by atoms with Crippen molar-refractivity contribution in [2.24, 2.45) is 5.41 Å². The lowest BCUT2D eigenvalue weighted by Crippen LogP contribution is -2.31. The predicted octanol–water partition coefficient (Wildman–Crippen LogP) is 1.33. The van der Waals surface area contributed by atoms with Gasteiger partial charge in [0.05, 0.1) is 12.7 Å². The quantitative estimate of drug-likeness (QED) is 0.653. The first-order valence-electron chi connectivity index (χ1n) is 4.60. The molecule has 2 aliphatic rings. The molecule has 11 heavy (non-hydrogen) atoms. The number of hydrogen-bond donors (Lipinski definition) is 1. The maximum Gasteiger partial charge on any atom is 0.0653 e. The van der Waals surface area contributed by atoms with Crippen molar-refractivity contribution in [1.29, 1.82) is 0 Å². The highest BCUT2D eigenvalue weighted by Gasteiger charge is 2.49. The van der Waals surface area contributed by atoms with Crippen LogP contribution in [0.15, 0.2) is 0 Å². The minimum atomic E-state index is 0.195. The van der Waals surface area contributed by atoms with Gasteiger partial charge in [-0.05, 0) is 32.1 Å². The first-order chi connectivity index (χ1) is 5.37. The Morgan fingerprint density at radius 3 is 2.64 bits per heavy atom. The first-order valence-corrected chi connectivity index (χ1v) is 4.60. The molecular weight excluding hydrogens is 140 g/mol. The number of rotatable bonds is 2. The summed E-state index contributed by atoms with van der Waals surface area (Å²) in [6.07, 6.45) is 6.38. The van der Waals surface area contributed by atoms with Crippen LogP contribution in [0.25, 0.3) is 0 Å². The Kier molecular flexibility index (Phi) is 1.90. The van der Waals surface area contributed by atoms with Crippen molar-refractivity contribution in [3.8, 4) is 0 Å². The van der Waals surface area contributed by atoms with Crippen LogP contribution in [-0.2, 0) is 4.74 Å². The summed E-state index contributed by atoms with van der Waals surface area (Å²) >= 11 is 0. The van der Waals surface area contributed by atoms with Crippen LogP contribution in [-0.4, -0.2) is 24.4 Å². The SMILES string of the molecule is OCC1(C2CCCCO2)CC1. The van der Waals surface area contributed by atoms with Gasteiger partial charge < -0.3 is 9.84 Å². The third kappa shape index (κ3) is 1.30. The van der Waals surface area contributed by atoms with Gasteiger partial charge in [0, 0.05) is 12.0 Å². The Morgan fingerprint density at radius 2 is 2.18 bits per heavy atom. The van der Waals surface area contributed by atoms with E-state index in [0.717, 1.165) is 6.61 Å². The molecule has 1 atom stereocenters. The standard InChI is InChI=1S/C9H16O2/c10-7-9(4-5-9)8-3-1-2-6-11-8/h8,10H,1-7H2. The van der Waals surface area contributed by atoms with Gasteiger partial charge in [-0.2, -0.15) is 0 Å². The number of hydrogen-bond acceptors (Lipinski definition) is 2. The molecule has 0 spiro atoms. The first kappa shape index (κ1) is 7.56. The van der Waals surface area contributed by atoms with Gasteiger partial charge in [0.15, 0.2) is 0 Å². The van der Waals surface area contributed by atoms with E-state index in [0.29, 0.717) is 12.7 Å². The Balaban J connectivity index is 1.92. The molecule has 1 N–H and O–H groups in total. The molecule has 1 aliphatic heterocycles. The van der Waals surface area contributed by atoms with Gasteiger partial charge in [0.1, 0.15) is 0 Å². The minimum absolute atomic E-state index is 0.195. The van der Waals surface area contributed by atoms with Gasteiger partial charge in [0.2, 0.25) is 0 Å². The molecule has 1 saturated carbocycles. The van der Waals surface area contributed by atoms with Crippen LogP contribution in [0, 0.1) is 5.41 Å². The molecule has 0 aromatic carbocycles. The summed E-state index contributed by atoms with van der Waals surface area (Å²) in [7, 11) is 0. The second kappa shape index (κ2) is 2.76. The highest BCUT2D eigenvalue weighted by atomic mass is 16.5. The van der Waals surface area contributed by atoms with Gasteiger partial charge in [-0.15, -0.1) is 0 Å². The van der Waals surface area contributed by atoms with E-state index in [1.165, 1.54) is 32.1 Å². The maximum atomic E-state index is 9.13. The van der Waals surface area contributed by atoms with Gasteiger partial charge in [-0.3, -0.25) is 0 Å². The molecule has 0 radical (unpaired) electrons. The van der Waals surface area contributed by atoms with Crippen molar-refractivity contribution in [1.82, 2.24) is 0 Å². The largest absolute Gasteiger partial charge is 0.396 e. The molecule has 0 amide bonds. The minimum Gasteiger partial charge on any atom is -0.396 e. The van der Waals surface area contributed by atoms with Crippen molar-refractivity contribution >= 4 is 0 Å². The Morgan fingerprint density at radius 1 is 1.36 bits per heavy atom. The van der Waals surface area contributed by atoms with Crippen LogP contribution in [0.3, 0.4) is 0 Å². The summed E-state index contributed by atoms with van der Waals surface area (Å²) < 4.78 is 5.64. The van der Waals surface area contributed by atoms with Crippen molar-refractivity contribution in [3.05, 3.63) is 0 Å². The van der Waals surface area contributed by atoms with E-state index in [2.05, 4.69) is 0 Å². The molecule has 2 heteroatoms. The highest BCUT2D eigenvalue weighted by Crippen LogP contribution is 2.51. The summed E-state index contributed by atoms with van der Waals surface area (Å²) in [5, 5.41) is 9.13. The second-order valence-corrected chi connectivity index (χ2v) is 3.88. The van der Waals surface area contributed by atoms with Crippen molar-refractivity contribution < 1.29 is 9.84 Å². The normalized spacial score (nSPS) is 35.2. The fourth-order valence-corrected chi connectivity index (χ4v) is 1.97. The number of ether oxygens (including phenoxy) is 1. The monoisotopic (exact) mass is 156 g/mol. The fraction of sp³-hybridized carbons (Fsp3) is 1.00. The predicted molar refractivity (Wildman–Crippen MR) is 42.3 cm³/mol. The molecule has 1 saturated heterocycles. The lowest BCUT2D eigenvalue weighted by Gasteiger charge is -2.29. The van der Waals surface area contributed by atoms with Gasteiger partial charge in [0.25, 0.3) is 0 Å². The molecule has 2 nitrogen and oxygen atoms in total. The lowest BCUT2D eigenvalue weighted by atomic mass is 9.94. The zero-order valence-electron chi connectivity index (χ0n) is 6.88. The topological polar surface area (TPSA) is 29.5 Å². The number of aliphatic hydroxyl groups is 1. The molecule has 2 fully saturated rings. The molecule has 1 unspecified atom stereocenters. The van der Waals surface area contributed by atoms with Crippen LogP contribution in [0.2, 0.25) is 0 Å². The zero-order chi connectivity index (χ0) is 7.73. The van der Waals surface area contributed by atoms with E-state index in [1.54, 1.807) is 0 Å². The fourth-order valence-electron chi connectivity index (χ4n) is 1.97. The van der Waals surface area contributed by atoms with E-state index in [9.17, 15) is 0 Å². The maximum absolute atomic E-state index is 9.13. The van der Waals surface area contributed by atoms with Crippen LogP contribution in [0.4, 0.5) is 0 Å². The van der Waals surface area contributed by atoms with E-state index in [4.69, 9.17) is 9.84 Å². The average Bonchev–Trinajstić information content (AvgIpc) is 2.86. The van der Waals surface area contributed by atoms with E-state index < -0.39 is 0 Å². The Labute approximate surface area is 67.6 Å². The Bertz CT molecular complexity index is 134. The Hall–Kier alpha value is -0.0800. The average molecular weight is 156 g/mol. The summed E-state index contributed by atoms with van der Waals surface area (Å²) in [5.74, 6) is 0. The summed E-state index contributed by atoms with van der Waals surface area (Å²) in [6, 6.07) is 0. The molecule has 64 valence electrons. The molecule has 1 aliphatic carbocycles. The van der Waals surface area contributed by atoms with Crippen molar-refractivity contribution in [3.63, 3.8) is 0 Å². The smallest absolute Gasteiger partial charge is 0.0653 e. The molecule has 0 aromatic heterocycles. The van der Waals surface area contributed by atoms with E-state index in [1.807, 2.05) is 0 Å². The molecule has 0 aromatic rings. The molecule has 0 bridgehead atoms. The molecule has 1 heterocycles. The second-order valence-electron chi connectivity index (χ2n) is 3.88. The highest BCUT2D eigenvalue weighted by molar-refractivity contribution is 4.99. The molecule has 2 rings (SSSR count). The summed E-state index contributed by atoms with van der Waals surface area (Å²) in [6.45, 7) is 1.24. The summed E-state index contributed by atoms with van der Waals surface area (Å²) in [5.41, 5.74) is 0.195. The van der Waals surface area contributed by atoms with E-state index in [-0.39, 0.29) is 5.41 Å². The lowest BCUT2D eigenvalue weighted by molar-refractivity contribution is -0.0464. The third-order valence-electron chi connectivity index (χ3n) is 3.07. The van der Waals surface area contributed by atoms with Crippen LogP contribution < -0.4 is 0 Å². The number of aliphatic hydroxyl groups excluding tert-OH is 1. The van der Waals surface area contributed by atoms with Crippen LogP contribution >= 0.6 is 0 Å². The van der Waals surface area contributed by atoms with Crippen LogP contribution in [0.1, 0.15) is 32.1 Å². The van der Waals surface area contributed by atoms with Gasteiger partial charge >= 0.3 is 0 Å². The van der Waals surface area contributed by atoms with Crippen molar-refractivity contribution in [2.45, 2.75) is 38.2 Å². The van der Waals surface area contributed by atoms with E-state index >= 15 is 0 Å². The van der Waals surface area contributed by atoms with Crippen LogP contribution in [0.5, 0.6) is 0 Å². The molecular formula is C9H16O2. The van der Waals surface area contributed by atoms with Gasteiger partial charge in [-0.25, -0.2) is 0 Å². The van der Waals surface area contributed by atoms with Gasteiger partial charge in [-0.1, -0.05) is 0 Å². The third-order valence-corrected chi connectivity index (χ3v) is 3.07. The summed E-state index contributed by atoms with van der Waals surface area (Å²) in [4.78, 5) is 0. The van der Waals surface area contributed by atoms with Crippen molar-refractivity contribution in [2.75, 3.05) is 13.2 Å². The zero-order valence-corrected chi connectivity index (χ0v) is 6.88.